The van der Waals surface area contributed by atoms with Crippen LogP contribution in [-0.2, 0) is 0 Å². The van der Waals surface area contributed by atoms with Crippen LogP contribution >= 0.6 is 11.6 Å². The highest BCUT2D eigenvalue weighted by atomic mass is 35.5. The van der Waals surface area contributed by atoms with E-state index in [2.05, 4.69) is 10.5 Å². The van der Waals surface area contributed by atoms with Gasteiger partial charge in [-0.3, -0.25) is 4.79 Å². The van der Waals surface area contributed by atoms with Gasteiger partial charge in [0.2, 0.25) is 0 Å². The molecule has 0 unspecified atom stereocenters. The maximum atomic E-state index is 14.1. The minimum atomic E-state index is -0.570. The fourth-order valence-corrected chi connectivity index (χ4v) is 2.50. The Balaban J connectivity index is 2.04. The Bertz CT molecular complexity index is 842. The monoisotopic (exact) mass is 330 g/mol. The Kier molecular flexibility index (Phi) is 4.12. The summed E-state index contributed by atoms with van der Waals surface area (Å²) in [6.07, 6.45) is 0. The molecule has 4 nitrogen and oxygen atoms in total. The molecule has 0 saturated heterocycles. The van der Waals surface area contributed by atoms with Gasteiger partial charge < -0.3 is 9.84 Å². The molecule has 3 rings (SSSR count). The lowest BCUT2D eigenvalue weighted by Crippen LogP contribution is -2.13. The number of amides is 1. The Morgan fingerprint density at radius 2 is 1.91 bits per heavy atom. The summed E-state index contributed by atoms with van der Waals surface area (Å²) in [4.78, 5) is 12.5. The van der Waals surface area contributed by atoms with E-state index in [9.17, 15) is 9.18 Å². The first kappa shape index (κ1) is 15.2. The number of rotatable bonds is 3. The molecule has 0 bridgehead atoms. The van der Waals surface area contributed by atoms with Crippen molar-refractivity contribution in [3.8, 4) is 11.3 Å². The molecule has 0 aliphatic rings. The first-order valence-electron chi connectivity index (χ1n) is 6.85. The topological polar surface area (TPSA) is 55.1 Å². The number of carbonyl (C=O) groups is 1. The molecule has 23 heavy (non-hydrogen) atoms. The lowest BCUT2D eigenvalue weighted by Gasteiger charge is -2.07. The maximum absolute atomic E-state index is 14.1. The first-order valence-corrected chi connectivity index (χ1v) is 7.23. The minimum Gasteiger partial charge on any atom is -0.360 e. The van der Waals surface area contributed by atoms with Gasteiger partial charge in [-0.15, -0.1) is 0 Å². The van der Waals surface area contributed by atoms with Crippen molar-refractivity contribution in [1.82, 2.24) is 5.16 Å². The third kappa shape index (κ3) is 2.96. The predicted molar refractivity (Wildman–Crippen MR) is 86.0 cm³/mol. The number of nitrogens with zero attached hydrogens (tertiary/aromatic N) is 1. The number of benzene rings is 2. The summed E-state index contributed by atoms with van der Waals surface area (Å²) in [5.74, 6) is -0.725. The summed E-state index contributed by atoms with van der Waals surface area (Å²) in [5, 5.41) is 6.70. The van der Waals surface area contributed by atoms with Crippen LogP contribution in [0, 0.1) is 12.7 Å². The summed E-state index contributed by atoms with van der Waals surface area (Å²) in [7, 11) is 0. The molecular formula is C17H12ClFN2O2. The van der Waals surface area contributed by atoms with E-state index in [1.165, 1.54) is 18.2 Å². The fourth-order valence-electron chi connectivity index (χ4n) is 2.25. The van der Waals surface area contributed by atoms with E-state index in [-0.39, 0.29) is 27.6 Å². The average Bonchev–Trinajstić information content (AvgIpc) is 2.90. The molecule has 1 aromatic heterocycles. The first-order chi connectivity index (χ1) is 11.1. The Morgan fingerprint density at radius 1 is 1.17 bits per heavy atom. The van der Waals surface area contributed by atoms with Crippen LogP contribution in [-0.4, -0.2) is 11.1 Å². The lowest BCUT2D eigenvalue weighted by atomic mass is 10.0. The van der Waals surface area contributed by atoms with Gasteiger partial charge in [-0.25, -0.2) is 4.39 Å². The van der Waals surface area contributed by atoms with E-state index < -0.39 is 11.7 Å². The maximum Gasteiger partial charge on any atom is 0.261 e. The van der Waals surface area contributed by atoms with E-state index >= 15 is 0 Å². The highest BCUT2D eigenvalue weighted by Crippen LogP contribution is 2.33. The van der Waals surface area contributed by atoms with Crippen molar-refractivity contribution in [2.24, 2.45) is 0 Å². The second-order valence-corrected chi connectivity index (χ2v) is 5.29. The van der Waals surface area contributed by atoms with Crippen LogP contribution in [0.5, 0.6) is 0 Å². The summed E-state index contributed by atoms with van der Waals surface area (Å²) in [5.41, 5.74) is 0.896. The van der Waals surface area contributed by atoms with Crippen LogP contribution in [0.3, 0.4) is 0 Å². The van der Waals surface area contributed by atoms with Gasteiger partial charge in [-0.1, -0.05) is 41.0 Å². The minimum absolute atomic E-state index is 0.0456. The zero-order chi connectivity index (χ0) is 16.4. The van der Waals surface area contributed by atoms with Crippen LogP contribution in [0.1, 0.15) is 16.1 Å². The largest absolute Gasteiger partial charge is 0.360 e. The molecule has 0 aliphatic heterocycles. The van der Waals surface area contributed by atoms with Crippen LogP contribution in [0.2, 0.25) is 5.02 Å². The zero-order valence-electron chi connectivity index (χ0n) is 12.1. The number of nitrogens with one attached hydrogen (secondary N) is 1. The molecule has 3 aromatic rings. The molecule has 0 atom stereocenters. The molecule has 0 aliphatic carbocycles. The summed E-state index contributed by atoms with van der Waals surface area (Å²) in [6, 6.07) is 13.2. The number of aromatic nitrogens is 1. The molecule has 1 amide bonds. The molecule has 2 aromatic carbocycles. The highest BCUT2D eigenvalue weighted by molar-refractivity contribution is 6.33. The van der Waals surface area contributed by atoms with Crippen LogP contribution in [0.25, 0.3) is 11.3 Å². The Hall–Kier alpha value is -2.66. The summed E-state index contributed by atoms with van der Waals surface area (Å²) in [6.45, 7) is 1.59. The molecule has 0 spiro atoms. The molecule has 0 fully saturated rings. The van der Waals surface area contributed by atoms with Crippen molar-refractivity contribution in [3.63, 3.8) is 0 Å². The standard InChI is InChI=1S/C17H12ClFN2O2/c1-10-14(17(22)20-11-6-3-2-4-7-11)16(21-23-10)15-12(18)8-5-9-13(15)19/h2-9H,1H3,(H,20,22). The molecule has 116 valence electrons. The van der Waals surface area contributed by atoms with E-state index in [4.69, 9.17) is 16.1 Å². The van der Waals surface area contributed by atoms with Crippen molar-refractivity contribution in [2.75, 3.05) is 5.32 Å². The van der Waals surface area contributed by atoms with Crippen molar-refractivity contribution < 1.29 is 13.7 Å². The van der Waals surface area contributed by atoms with Crippen molar-refractivity contribution in [3.05, 3.63) is 70.7 Å². The third-order valence-corrected chi connectivity index (χ3v) is 3.64. The van der Waals surface area contributed by atoms with E-state index in [1.54, 1.807) is 31.2 Å². The van der Waals surface area contributed by atoms with Gasteiger partial charge in [0.05, 0.1) is 10.6 Å². The van der Waals surface area contributed by atoms with Crippen LogP contribution < -0.4 is 5.32 Å². The second-order valence-electron chi connectivity index (χ2n) is 4.88. The molecule has 1 heterocycles. The zero-order valence-corrected chi connectivity index (χ0v) is 12.9. The van der Waals surface area contributed by atoms with Crippen LogP contribution in [0.15, 0.2) is 53.1 Å². The van der Waals surface area contributed by atoms with Gasteiger partial charge >= 0.3 is 0 Å². The number of para-hydroxylation sites is 1. The van der Waals surface area contributed by atoms with E-state index in [0.717, 1.165) is 0 Å². The predicted octanol–water partition coefficient (Wildman–Crippen LogP) is 4.69. The fraction of sp³-hybridized carbons (Fsp3) is 0.0588. The average molecular weight is 331 g/mol. The molecule has 1 N–H and O–H groups in total. The molecule has 0 saturated carbocycles. The number of anilines is 1. The Morgan fingerprint density at radius 3 is 2.61 bits per heavy atom. The molecular weight excluding hydrogens is 319 g/mol. The number of hydrogen-bond acceptors (Lipinski definition) is 3. The Labute approximate surface area is 136 Å². The number of halogens is 2. The SMILES string of the molecule is Cc1onc(-c2c(F)cccc2Cl)c1C(=O)Nc1ccccc1. The van der Waals surface area contributed by atoms with Crippen molar-refractivity contribution in [1.29, 1.82) is 0 Å². The highest BCUT2D eigenvalue weighted by Gasteiger charge is 2.25. The normalized spacial score (nSPS) is 10.6. The van der Waals surface area contributed by atoms with Gasteiger partial charge in [-0.2, -0.15) is 0 Å². The van der Waals surface area contributed by atoms with Gasteiger partial charge in [0.25, 0.3) is 5.91 Å². The van der Waals surface area contributed by atoms with Crippen molar-refractivity contribution >= 4 is 23.2 Å². The molecule has 0 radical (unpaired) electrons. The third-order valence-electron chi connectivity index (χ3n) is 3.32. The lowest BCUT2D eigenvalue weighted by molar-refractivity contribution is 0.102. The summed E-state index contributed by atoms with van der Waals surface area (Å²) < 4.78 is 19.2. The van der Waals surface area contributed by atoms with Gasteiger partial charge in [0.1, 0.15) is 22.8 Å². The summed E-state index contributed by atoms with van der Waals surface area (Å²) >= 11 is 6.06. The van der Waals surface area contributed by atoms with Crippen molar-refractivity contribution in [2.45, 2.75) is 6.92 Å². The van der Waals surface area contributed by atoms with Gasteiger partial charge in [0.15, 0.2) is 0 Å². The van der Waals surface area contributed by atoms with Gasteiger partial charge in [-0.05, 0) is 31.2 Å². The second kappa shape index (κ2) is 6.22. The van der Waals surface area contributed by atoms with E-state index in [0.29, 0.717) is 5.69 Å². The number of carbonyl (C=O) groups excluding carboxylic acids is 1. The number of aryl methyl sites for hydroxylation is 1. The smallest absolute Gasteiger partial charge is 0.261 e. The van der Waals surface area contributed by atoms with Gasteiger partial charge in [0, 0.05) is 5.69 Å². The van der Waals surface area contributed by atoms with Crippen LogP contribution in [0.4, 0.5) is 10.1 Å². The molecule has 6 heteroatoms. The quantitative estimate of drug-likeness (QED) is 0.757. The number of hydrogen-bond donors (Lipinski definition) is 1. The van der Waals surface area contributed by atoms with E-state index in [1.807, 2.05) is 6.07 Å².